The molecule has 194 valence electrons. The van der Waals surface area contributed by atoms with Crippen LogP contribution in [0.2, 0.25) is 0 Å². The fraction of sp³-hybridized carbons (Fsp3) is 0.462. The molecule has 3 unspecified atom stereocenters. The third-order valence-electron chi connectivity index (χ3n) is 6.55. The minimum Gasteiger partial charge on any atom is -0.497 e. The molecule has 2 aromatic carbocycles. The number of hydrogen-bond acceptors (Lipinski definition) is 8. The summed E-state index contributed by atoms with van der Waals surface area (Å²) in [6.45, 7) is 6.55. The Morgan fingerprint density at radius 1 is 1.19 bits per heavy atom. The fourth-order valence-electron chi connectivity index (χ4n) is 4.56. The Balaban J connectivity index is 1.39. The number of oxazole rings is 1. The zero-order valence-corrected chi connectivity index (χ0v) is 22.5. The summed E-state index contributed by atoms with van der Waals surface area (Å²) in [6.07, 6.45) is 3.08. The first-order chi connectivity index (χ1) is 17.1. The lowest BCUT2D eigenvalue weighted by Crippen LogP contribution is -2.36. The molecule has 10 heteroatoms. The second kappa shape index (κ2) is 11.1. The zero-order valence-electron chi connectivity index (χ0n) is 20.9. The summed E-state index contributed by atoms with van der Waals surface area (Å²) in [7, 11) is -2.28. The van der Waals surface area contributed by atoms with Crippen LogP contribution in [-0.4, -0.2) is 38.3 Å². The Bertz CT molecular complexity index is 1300. The standard InChI is InChI=1S/C26H32N2O6S2/c1-16(2)21-11-5-17(3)13-24(21)33-25(29)15-35-26-27-22-14-20(10-12-23(22)34-26)36(30,31)28-18-6-8-19(32-4)9-7-18/h6-10,12,14,16-17,21,24,28H,5,11,13,15H2,1-4H3. The molecule has 3 atom stereocenters. The summed E-state index contributed by atoms with van der Waals surface area (Å²) < 4.78 is 44.9. The average Bonchev–Trinajstić information content (AvgIpc) is 3.25. The molecular formula is C26H32N2O6S2. The maximum absolute atomic E-state index is 12.8. The van der Waals surface area contributed by atoms with Gasteiger partial charge in [0.1, 0.15) is 23.1 Å². The number of methoxy groups -OCH3 is 1. The predicted octanol–water partition coefficient (Wildman–Crippen LogP) is 5.73. The number of nitrogens with one attached hydrogen (secondary N) is 1. The van der Waals surface area contributed by atoms with Crippen LogP contribution >= 0.6 is 11.8 Å². The van der Waals surface area contributed by atoms with E-state index >= 15 is 0 Å². The number of esters is 1. The maximum Gasteiger partial charge on any atom is 0.316 e. The zero-order chi connectivity index (χ0) is 25.9. The van der Waals surface area contributed by atoms with Gasteiger partial charge in [0.05, 0.1) is 12.0 Å². The molecule has 3 aromatic rings. The Kier molecular flexibility index (Phi) is 8.14. The third kappa shape index (κ3) is 6.34. The predicted molar refractivity (Wildman–Crippen MR) is 140 cm³/mol. The topological polar surface area (TPSA) is 108 Å². The van der Waals surface area contributed by atoms with Crippen LogP contribution < -0.4 is 9.46 Å². The van der Waals surface area contributed by atoms with E-state index in [0.29, 0.717) is 40.3 Å². The number of anilines is 1. The highest BCUT2D eigenvalue weighted by molar-refractivity contribution is 7.99. The number of thioether (sulfide) groups is 1. The van der Waals surface area contributed by atoms with E-state index in [4.69, 9.17) is 13.9 Å². The number of benzene rings is 2. The van der Waals surface area contributed by atoms with Gasteiger partial charge in [0.25, 0.3) is 15.2 Å². The minimum absolute atomic E-state index is 0.0567. The molecule has 0 aliphatic heterocycles. The molecule has 0 radical (unpaired) electrons. The summed E-state index contributed by atoms with van der Waals surface area (Å²) in [4.78, 5) is 17.0. The summed E-state index contributed by atoms with van der Waals surface area (Å²) in [5.41, 5.74) is 1.25. The van der Waals surface area contributed by atoms with Gasteiger partial charge in [-0.25, -0.2) is 13.4 Å². The van der Waals surface area contributed by atoms with Gasteiger partial charge in [-0.15, -0.1) is 0 Å². The van der Waals surface area contributed by atoms with Crippen LogP contribution in [0.3, 0.4) is 0 Å². The molecule has 0 spiro atoms. The molecule has 1 aliphatic rings. The molecule has 0 bridgehead atoms. The second-order valence-corrected chi connectivity index (χ2v) is 12.2. The van der Waals surface area contributed by atoms with Crippen LogP contribution in [0.25, 0.3) is 11.1 Å². The van der Waals surface area contributed by atoms with E-state index in [-0.39, 0.29) is 27.9 Å². The lowest BCUT2D eigenvalue weighted by atomic mass is 9.75. The van der Waals surface area contributed by atoms with Gasteiger partial charge in [-0.1, -0.05) is 39.0 Å². The first-order valence-corrected chi connectivity index (χ1v) is 14.5. The average molecular weight is 533 g/mol. The monoisotopic (exact) mass is 532 g/mol. The van der Waals surface area contributed by atoms with Gasteiger partial charge in [0.2, 0.25) is 0 Å². The van der Waals surface area contributed by atoms with Gasteiger partial charge < -0.3 is 13.9 Å². The van der Waals surface area contributed by atoms with Crippen molar-refractivity contribution in [2.24, 2.45) is 17.8 Å². The summed E-state index contributed by atoms with van der Waals surface area (Å²) in [6, 6.07) is 11.1. The lowest BCUT2D eigenvalue weighted by Gasteiger charge is -2.36. The van der Waals surface area contributed by atoms with Crippen molar-refractivity contribution >= 4 is 44.5 Å². The van der Waals surface area contributed by atoms with Crippen LogP contribution in [0.15, 0.2) is 57.0 Å². The molecule has 4 rings (SSSR count). The fourth-order valence-corrected chi connectivity index (χ4v) is 6.26. The van der Waals surface area contributed by atoms with Gasteiger partial charge in [-0.2, -0.15) is 0 Å². The van der Waals surface area contributed by atoms with Crippen LogP contribution in [0.1, 0.15) is 40.0 Å². The summed E-state index contributed by atoms with van der Waals surface area (Å²) in [5.74, 6) is 1.80. The van der Waals surface area contributed by atoms with Crippen LogP contribution in [-0.2, 0) is 19.6 Å². The first-order valence-electron chi connectivity index (χ1n) is 12.0. The van der Waals surface area contributed by atoms with E-state index in [2.05, 4.69) is 30.5 Å². The number of ether oxygens (including phenoxy) is 2. The maximum atomic E-state index is 12.8. The number of aromatic nitrogens is 1. The van der Waals surface area contributed by atoms with Gasteiger partial charge in [-0.3, -0.25) is 9.52 Å². The van der Waals surface area contributed by atoms with Crippen molar-refractivity contribution in [3.63, 3.8) is 0 Å². The number of carbonyl (C=O) groups is 1. The molecule has 1 saturated carbocycles. The van der Waals surface area contributed by atoms with Crippen LogP contribution in [0.5, 0.6) is 5.75 Å². The molecule has 36 heavy (non-hydrogen) atoms. The van der Waals surface area contributed by atoms with E-state index in [0.717, 1.165) is 24.6 Å². The molecule has 0 saturated heterocycles. The molecule has 8 nitrogen and oxygen atoms in total. The third-order valence-corrected chi connectivity index (χ3v) is 8.73. The van der Waals surface area contributed by atoms with Crippen molar-refractivity contribution in [1.82, 2.24) is 4.98 Å². The van der Waals surface area contributed by atoms with E-state index in [1.165, 1.54) is 18.6 Å². The minimum atomic E-state index is -3.83. The molecule has 0 amide bonds. The smallest absolute Gasteiger partial charge is 0.316 e. The van der Waals surface area contributed by atoms with Crippen molar-refractivity contribution in [1.29, 1.82) is 0 Å². The first kappa shape index (κ1) is 26.3. The number of hydrogen-bond donors (Lipinski definition) is 1. The van der Waals surface area contributed by atoms with Gasteiger partial charge in [0.15, 0.2) is 5.58 Å². The summed E-state index contributed by atoms with van der Waals surface area (Å²) in [5, 5.41) is 0.289. The Labute approximate surface area is 216 Å². The van der Waals surface area contributed by atoms with Gasteiger partial charge in [0, 0.05) is 5.69 Å². The van der Waals surface area contributed by atoms with Crippen molar-refractivity contribution < 1.29 is 27.1 Å². The quantitative estimate of drug-likeness (QED) is 0.275. The largest absolute Gasteiger partial charge is 0.497 e. The molecule has 1 aliphatic carbocycles. The van der Waals surface area contributed by atoms with E-state index < -0.39 is 10.0 Å². The molecule has 1 N–H and O–H groups in total. The highest BCUT2D eigenvalue weighted by atomic mass is 32.2. The van der Waals surface area contributed by atoms with E-state index in [9.17, 15) is 13.2 Å². The normalized spacial score (nSPS) is 20.4. The van der Waals surface area contributed by atoms with Crippen LogP contribution in [0, 0.1) is 17.8 Å². The Morgan fingerprint density at radius 3 is 2.64 bits per heavy atom. The number of fused-ring (bicyclic) bond motifs is 1. The highest BCUT2D eigenvalue weighted by Crippen LogP contribution is 2.36. The SMILES string of the molecule is COc1ccc(NS(=O)(=O)c2ccc3oc(SCC(=O)OC4CC(C)CCC4C(C)C)nc3c2)cc1. The van der Waals surface area contributed by atoms with E-state index in [1.807, 2.05) is 0 Å². The van der Waals surface area contributed by atoms with Crippen LogP contribution in [0.4, 0.5) is 5.69 Å². The second-order valence-electron chi connectivity index (χ2n) is 9.59. The lowest BCUT2D eigenvalue weighted by molar-refractivity contribution is -0.152. The van der Waals surface area contributed by atoms with Crippen molar-refractivity contribution in [2.45, 2.75) is 56.3 Å². The Morgan fingerprint density at radius 2 is 1.94 bits per heavy atom. The van der Waals surface area contributed by atoms with Gasteiger partial charge >= 0.3 is 5.97 Å². The molecule has 1 aromatic heterocycles. The Hall–Kier alpha value is -2.72. The number of sulfonamides is 1. The van der Waals surface area contributed by atoms with Crippen molar-refractivity contribution in [3.05, 3.63) is 42.5 Å². The molecule has 1 heterocycles. The highest BCUT2D eigenvalue weighted by Gasteiger charge is 2.33. The molecule has 1 fully saturated rings. The van der Waals surface area contributed by atoms with E-state index in [1.54, 1.807) is 37.4 Å². The number of rotatable bonds is 9. The molecular weight excluding hydrogens is 500 g/mol. The van der Waals surface area contributed by atoms with Gasteiger partial charge in [-0.05, 0) is 73.1 Å². The van der Waals surface area contributed by atoms with Crippen molar-refractivity contribution in [3.8, 4) is 5.75 Å². The number of carbonyl (C=O) groups excluding carboxylic acids is 1. The van der Waals surface area contributed by atoms with Crippen molar-refractivity contribution in [2.75, 3.05) is 17.6 Å². The summed E-state index contributed by atoms with van der Waals surface area (Å²) >= 11 is 1.14. The number of nitrogens with zero attached hydrogens (tertiary/aromatic N) is 1.